The van der Waals surface area contributed by atoms with E-state index in [1.54, 1.807) is 24.3 Å². The monoisotopic (exact) mass is 316 g/mol. The highest BCUT2D eigenvalue weighted by Crippen LogP contribution is 2.25. The van der Waals surface area contributed by atoms with Crippen molar-refractivity contribution in [2.24, 2.45) is 0 Å². The number of ether oxygens (including phenoxy) is 2. The van der Waals surface area contributed by atoms with Gasteiger partial charge in [0, 0.05) is 6.42 Å². The first-order chi connectivity index (χ1) is 11.2. The number of hydrogen-bond donors (Lipinski definition) is 1. The van der Waals surface area contributed by atoms with Gasteiger partial charge in [-0.25, -0.2) is 4.79 Å². The zero-order valence-corrected chi connectivity index (χ0v) is 13.4. The van der Waals surface area contributed by atoms with Crippen LogP contribution in [0.15, 0.2) is 54.6 Å². The van der Waals surface area contributed by atoms with E-state index in [1.807, 2.05) is 12.1 Å². The number of hydrogen-bond acceptors (Lipinski definition) is 4. The van der Waals surface area contributed by atoms with Crippen molar-refractivity contribution >= 4 is 5.97 Å². The highest BCUT2D eigenvalue weighted by atomic mass is 16.6. The number of carbonyl (C=O) groups is 1. The molecule has 1 unspecified atom stereocenters. The van der Waals surface area contributed by atoms with Crippen LogP contribution in [0.5, 0.6) is 0 Å². The molecule has 0 radical (unpaired) electrons. The second-order valence-electron chi connectivity index (χ2n) is 5.50. The summed E-state index contributed by atoms with van der Waals surface area (Å²) in [5.74, 6) is -0.381. The Labute approximate surface area is 137 Å². The fraction of sp³-hybridized carbons (Fsp3) is 0.421. The first-order valence-electron chi connectivity index (χ1n) is 8.10. The van der Waals surface area contributed by atoms with Gasteiger partial charge in [0.2, 0.25) is 0 Å². The van der Waals surface area contributed by atoms with Crippen molar-refractivity contribution in [3.8, 4) is 0 Å². The molecule has 0 bridgehead atoms. The molecule has 1 aromatic rings. The van der Waals surface area contributed by atoms with E-state index >= 15 is 0 Å². The summed E-state index contributed by atoms with van der Waals surface area (Å²) in [7, 11) is 0. The van der Waals surface area contributed by atoms with Gasteiger partial charge in [0.05, 0.1) is 5.56 Å². The van der Waals surface area contributed by atoms with E-state index in [2.05, 4.69) is 25.2 Å². The summed E-state index contributed by atoms with van der Waals surface area (Å²) in [4.78, 5) is 12.1. The summed E-state index contributed by atoms with van der Waals surface area (Å²) in [5, 5.41) is 9.68. The lowest BCUT2D eigenvalue weighted by Crippen LogP contribution is -2.26. The molecule has 0 amide bonds. The maximum absolute atomic E-state index is 12.1. The Hall–Kier alpha value is -1.91. The van der Waals surface area contributed by atoms with Gasteiger partial charge in [-0.2, -0.15) is 0 Å². The predicted octanol–water partition coefficient (Wildman–Crippen LogP) is 3.62. The number of benzene rings is 1. The third kappa shape index (κ3) is 5.66. The Balaban J connectivity index is 1.86. The molecule has 0 aliphatic carbocycles. The lowest BCUT2D eigenvalue weighted by Gasteiger charge is -2.17. The van der Waals surface area contributed by atoms with Crippen LogP contribution in [0.1, 0.15) is 43.0 Å². The average molecular weight is 316 g/mol. The summed E-state index contributed by atoms with van der Waals surface area (Å²) in [6.07, 6.45) is 9.51. The zero-order valence-electron chi connectivity index (χ0n) is 13.4. The number of allylic oxidation sites excluding steroid dienone is 3. The topological polar surface area (TPSA) is 55.8 Å². The lowest BCUT2D eigenvalue weighted by molar-refractivity contribution is -0.0943. The van der Waals surface area contributed by atoms with Crippen LogP contribution in [0, 0.1) is 0 Å². The molecule has 1 aliphatic rings. The van der Waals surface area contributed by atoms with Gasteiger partial charge < -0.3 is 14.6 Å². The number of rotatable bonds is 7. The van der Waals surface area contributed by atoms with Gasteiger partial charge in [-0.3, -0.25) is 0 Å². The first kappa shape index (κ1) is 17.4. The van der Waals surface area contributed by atoms with Crippen molar-refractivity contribution in [1.29, 1.82) is 0 Å². The molecule has 0 spiro atoms. The van der Waals surface area contributed by atoms with E-state index in [9.17, 15) is 9.90 Å². The van der Waals surface area contributed by atoms with E-state index in [0.717, 1.165) is 12.8 Å². The molecule has 1 heterocycles. The molecule has 1 aliphatic heterocycles. The molecule has 0 aromatic heterocycles. The number of carbonyl (C=O) groups excluding carboxylic acids is 1. The summed E-state index contributed by atoms with van der Waals surface area (Å²) < 4.78 is 11.0. The van der Waals surface area contributed by atoms with E-state index in [1.165, 1.54) is 0 Å². The van der Waals surface area contributed by atoms with E-state index in [-0.39, 0.29) is 12.1 Å². The second kappa shape index (κ2) is 9.28. The fourth-order valence-electron chi connectivity index (χ4n) is 2.47. The van der Waals surface area contributed by atoms with Gasteiger partial charge in [-0.1, -0.05) is 49.4 Å². The smallest absolute Gasteiger partial charge is 0.338 e. The number of esters is 1. The second-order valence-corrected chi connectivity index (χ2v) is 5.50. The van der Waals surface area contributed by atoms with Gasteiger partial charge in [-0.05, 0) is 31.4 Å². The molecule has 1 N–H and O–H groups in total. The molecular weight excluding hydrogens is 292 g/mol. The lowest BCUT2D eigenvalue weighted by atomic mass is 10.1. The Bertz CT molecular complexity index is 536. The van der Waals surface area contributed by atoms with Crippen LogP contribution in [0.25, 0.3) is 0 Å². The van der Waals surface area contributed by atoms with Crippen molar-refractivity contribution in [2.75, 3.05) is 0 Å². The van der Waals surface area contributed by atoms with Crippen LogP contribution in [-0.2, 0) is 9.47 Å². The van der Waals surface area contributed by atoms with Crippen molar-refractivity contribution in [1.82, 2.24) is 0 Å². The average Bonchev–Trinajstić information content (AvgIpc) is 2.91. The molecule has 124 valence electrons. The van der Waals surface area contributed by atoms with Crippen LogP contribution in [0.3, 0.4) is 0 Å². The van der Waals surface area contributed by atoms with Crippen LogP contribution in [0.4, 0.5) is 0 Å². The Morgan fingerprint density at radius 2 is 2.00 bits per heavy atom. The molecule has 1 saturated heterocycles. The molecule has 1 fully saturated rings. The fourth-order valence-corrected chi connectivity index (χ4v) is 2.47. The third-order valence-corrected chi connectivity index (χ3v) is 3.66. The predicted molar refractivity (Wildman–Crippen MR) is 88.9 cm³/mol. The summed E-state index contributed by atoms with van der Waals surface area (Å²) in [6, 6.07) is 8.86. The standard InChI is InChI=1S/C19H24O4/c1-2-3-4-5-6-10-13-16-17(14-18(20)22-16)23-19(21)15-11-8-7-9-12-15/h3-4,6-12,16-18,20H,2,5,13-14H2,1H3/b4-3+,10-6-/t16-,17-,18?/m1/s1. The Kier molecular flexibility index (Phi) is 7.04. The maximum Gasteiger partial charge on any atom is 0.338 e. The quantitative estimate of drug-likeness (QED) is 0.616. The largest absolute Gasteiger partial charge is 0.456 e. The van der Waals surface area contributed by atoms with Crippen LogP contribution in [-0.4, -0.2) is 29.6 Å². The number of aliphatic hydroxyl groups excluding tert-OH is 1. The van der Waals surface area contributed by atoms with Crippen LogP contribution >= 0.6 is 0 Å². The minimum atomic E-state index is -0.873. The van der Waals surface area contributed by atoms with Gasteiger partial charge >= 0.3 is 5.97 Å². The minimum absolute atomic E-state index is 0.302. The van der Waals surface area contributed by atoms with Gasteiger partial charge in [-0.15, -0.1) is 0 Å². The molecule has 4 nitrogen and oxygen atoms in total. The summed E-state index contributed by atoms with van der Waals surface area (Å²) >= 11 is 0. The van der Waals surface area contributed by atoms with Crippen molar-refractivity contribution in [3.05, 3.63) is 60.2 Å². The van der Waals surface area contributed by atoms with Crippen molar-refractivity contribution < 1.29 is 19.4 Å². The molecular formula is C19H24O4. The molecule has 4 heteroatoms. The van der Waals surface area contributed by atoms with E-state index in [4.69, 9.17) is 9.47 Å². The van der Waals surface area contributed by atoms with E-state index in [0.29, 0.717) is 18.4 Å². The third-order valence-electron chi connectivity index (χ3n) is 3.66. The highest BCUT2D eigenvalue weighted by Gasteiger charge is 2.36. The van der Waals surface area contributed by atoms with Gasteiger partial charge in [0.25, 0.3) is 0 Å². The van der Waals surface area contributed by atoms with Crippen molar-refractivity contribution in [3.63, 3.8) is 0 Å². The summed E-state index contributed by atoms with van der Waals surface area (Å²) in [6.45, 7) is 2.10. The molecule has 0 saturated carbocycles. The minimum Gasteiger partial charge on any atom is -0.456 e. The van der Waals surface area contributed by atoms with Gasteiger partial charge in [0.1, 0.15) is 12.2 Å². The van der Waals surface area contributed by atoms with Crippen LogP contribution < -0.4 is 0 Å². The maximum atomic E-state index is 12.1. The summed E-state index contributed by atoms with van der Waals surface area (Å²) in [5.41, 5.74) is 0.507. The van der Waals surface area contributed by atoms with E-state index < -0.39 is 12.4 Å². The first-order valence-corrected chi connectivity index (χ1v) is 8.10. The molecule has 23 heavy (non-hydrogen) atoms. The molecule has 2 rings (SSSR count). The molecule has 1 aromatic carbocycles. The zero-order chi connectivity index (χ0) is 16.5. The number of aliphatic hydroxyl groups is 1. The molecule has 3 atom stereocenters. The SMILES string of the molecule is CC/C=C/C/C=C\C[C@H]1OC(O)C[C@H]1OC(=O)c1ccccc1. The van der Waals surface area contributed by atoms with Crippen molar-refractivity contribution in [2.45, 2.75) is 51.1 Å². The Morgan fingerprint density at radius 3 is 2.74 bits per heavy atom. The van der Waals surface area contributed by atoms with Crippen LogP contribution in [0.2, 0.25) is 0 Å². The normalized spacial score (nSPS) is 24.5. The Morgan fingerprint density at radius 1 is 1.26 bits per heavy atom. The highest BCUT2D eigenvalue weighted by molar-refractivity contribution is 5.89. The van der Waals surface area contributed by atoms with Gasteiger partial charge in [0.15, 0.2) is 6.29 Å².